The molecule has 1 fully saturated rings. The van der Waals surface area contributed by atoms with Crippen LogP contribution in [0.1, 0.15) is 18.4 Å². The van der Waals surface area contributed by atoms with Crippen molar-refractivity contribution in [3.63, 3.8) is 0 Å². The van der Waals surface area contributed by atoms with Gasteiger partial charge >= 0.3 is 0 Å². The number of piperidine rings is 1. The normalized spacial score (nSPS) is 17.2. The van der Waals surface area contributed by atoms with E-state index in [-0.39, 0.29) is 5.82 Å². The van der Waals surface area contributed by atoms with Crippen molar-refractivity contribution in [3.8, 4) is 0 Å². The number of hydrogen-bond acceptors (Lipinski definition) is 2. The van der Waals surface area contributed by atoms with Crippen LogP contribution in [0.25, 0.3) is 0 Å². The van der Waals surface area contributed by atoms with Gasteiger partial charge in [-0.1, -0.05) is 12.1 Å². The predicted molar refractivity (Wildman–Crippen MR) is 68.6 cm³/mol. The molecule has 2 nitrogen and oxygen atoms in total. The Balaban J connectivity index is 1.62. The standard InChI is InChI=1S/C14H21FN2/c15-14-3-1-2-12(10-14)4-9-17-11-13-5-7-16-8-6-13/h1-3,10,13,16-17H,4-9,11H2. The second-order valence-corrected chi connectivity index (χ2v) is 4.78. The van der Waals surface area contributed by atoms with Gasteiger partial charge in [0.15, 0.2) is 0 Å². The average Bonchev–Trinajstić information content (AvgIpc) is 2.36. The summed E-state index contributed by atoms with van der Waals surface area (Å²) >= 11 is 0. The van der Waals surface area contributed by atoms with Crippen LogP contribution in [-0.2, 0) is 6.42 Å². The highest BCUT2D eigenvalue weighted by atomic mass is 19.1. The van der Waals surface area contributed by atoms with E-state index in [1.807, 2.05) is 6.07 Å². The Bertz CT molecular complexity index is 335. The second-order valence-electron chi connectivity index (χ2n) is 4.78. The van der Waals surface area contributed by atoms with E-state index in [2.05, 4.69) is 10.6 Å². The maximum Gasteiger partial charge on any atom is 0.123 e. The minimum Gasteiger partial charge on any atom is -0.317 e. The van der Waals surface area contributed by atoms with E-state index in [1.165, 1.54) is 18.9 Å². The van der Waals surface area contributed by atoms with Gasteiger partial charge in [-0.3, -0.25) is 0 Å². The molecule has 0 unspecified atom stereocenters. The Kier molecular flexibility index (Phi) is 4.95. The molecule has 0 radical (unpaired) electrons. The van der Waals surface area contributed by atoms with Crippen LogP contribution in [0.3, 0.4) is 0 Å². The molecule has 1 heterocycles. The molecule has 0 amide bonds. The van der Waals surface area contributed by atoms with Crippen LogP contribution in [0.5, 0.6) is 0 Å². The summed E-state index contributed by atoms with van der Waals surface area (Å²) in [7, 11) is 0. The average molecular weight is 236 g/mol. The summed E-state index contributed by atoms with van der Waals surface area (Å²) in [4.78, 5) is 0. The molecule has 1 aliphatic rings. The number of rotatable bonds is 5. The zero-order chi connectivity index (χ0) is 11.9. The van der Waals surface area contributed by atoms with Crippen LogP contribution in [0, 0.1) is 11.7 Å². The Labute approximate surface area is 103 Å². The van der Waals surface area contributed by atoms with Crippen LogP contribution < -0.4 is 10.6 Å². The van der Waals surface area contributed by atoms with Crippen molar-refractivity contribution in [1.29, 1.82) is 0 Å². The lowest BCUT2D eigenvalue weighted by Gasteiger charge is -2.22. The lowest BCUT2D eigenvalue weighted by Crippen LogP contribution is -2.34. The summed E-state index contributed by atoms with van der Waals surface area (Å²) in [5.74, 6) is 0.671. The van der Waals surface area contributed by atoms with E-state index in [9.17, 15) is 4.39 Å². The lowest BCUT2D eigenvalue weighted by atomic mass is 9.98. The monoisotopic (exact) mass is 236 g/mol. The molecule has 0 aliphatic carbocycles. The van der Waals surface area contributed by atoms with E-state index in [1.54, 1.807) is 12.1 Å². The van der Waals surface area contributed by atoms with E-state index in [0.717, 1.165) is 44.1 Å². The van der Waals surface area contributed by atoms with Gasteiger partial charge in [0.25, 0.3) is 0 Å². The summed E-state index contributed by atoms with van der Waals surface area (Å²) in [6.45, 7) is 4.33. The maximum atomic E-state index is 12.9. The minimum atomic E-state index is -0.138. The Morgan fingerprint density at radius 2 is 2.12 bits per heavy atom. The Hall–Kier alpha value is -0.930. The number of hydrogen-bond donors (Lipinski definition) is 2. The first kappa shape index (κ1) is 12.5. The van der Waals surface area contributed by atoms with Gasteiger partial charge in [-0.2, -0.15) is 0 Å². The molecule has 0 saturated carbocycles. The molecule has 1 aromatic rings. The third-order valence-corrected chi connectivity index (χ3v) is 3.37. The molecular formula is C14H21FN2. The largest absolute Gasteiger partial charge is 0.317 e. The van der Waals surface area contributed by atoms with Gasteiger partial charge < -0.3 is 10.6 Å². The van der Waals surface area contributed by atoms with E-state index in [0.29, 0.717) is 0 Å². The molecular weight excluding hydrogens is 215 g/mol. The molecule has 3 heteroatoms. The zero-order valence-electron chi connectivity index (χ0n) is 10.2. The number of halogens is 1. The molecule has 1 aromatic carbocycles. The highest BCUT2D eigenvalue weighted by Crippen LogP contribution is 2.10. The first-order chi connectivity index (χ1) is 8.34. The number of nitrogens with one attached hydrogen (secondary N) is 2. The summed E-state index contributed by atoms with van der Waals surface area (Å²) in [6.07, 6.45) is 3.45. The van der Waals surface area contributed by atoms with E-state index < -0.39 is 0 Å². The van der Waals surface area contributed by atoms with Crippen molar-refractivity contribution < 1.29 is 4.39 Å². The van der Waals surface area contributed by atoms with Crippen LogP contribution in [0.15, 0.2) is 24.3 Å². The van der Waals surface area contributed by atoms with Crippen molar-refractivity contribution >= 4 is 0 Å². The Morgan fingerprint density at radius 3 is 2.88 bits per heavy atom. The van der Waals surface area contributed by atoms with Gasteiger partial charge in [0.2, 0.25) is 0 Å². The number of benzene rings is 1. The van der Waals surface area contributed by atoms with Gasteiger partial charge in [0, 0.05) is 0 Å². The lowest BCUT2D eigenvalue weighted by molar-refractivity contribution is 0.358. The molecule has 2 N–H and O–H groups in total. The molecule has 0 atom stereocenters. The predicted octanol–water partition coefficient (Wildman–Crippen LogP) is 1.96. The smallest absolute Gasteiger partial charge is 0.123 e. The second kappa shape index (κ2) is 6.72. The Morgan fingerprint density at radius 1 is 1.29 bits per heavy atom. The summed E-state index contributed by atoms with van der Waals surface area (Å²) in [5.41, 5.74) is 1.07. The fourth-order valence-corrected chi connectivity index (χ4v) is 2.32. The third kappa shape index (κ3) is 4.44. The topological polar surface area (TPSA) is 24.1 Å². The van der Waals surface area contributed by atoms with Gasteiger partial charge in [-0.15, -0.1) is 0 Å². The van der Waals surface area contributed by atoms with Gasteiger partial charge in [-0.25, -0.2) is 4.39 Å². The van der Waals surface area contributed by atoms with E-state index >= 15 is 0 Å². The quantitative estimate of drug-likeness (QED) is 0.764. The molecule has 2 rings (SSSR count). The summed E-state index contributed by atoms with van der Waals surface area (Å²) in [5, 5.41) is 6.84. The zero-order valence-corrected chi connectivity index (χ0v) is 10.2. The van der Waals surface area contributed by atoms with Crippen LogP contribution in [-0.4, -0.2) is 26.2 Å². The molecule has 0 aromatic heterocycles. The fourth-order valence-electron chi connectivity index (χ4n) is 2.32. The van der Waals surface area contributed by atoms with Crippen molar-refractivity contribution in [1.82, 2.24) is 10.6 Å². The van der Waals surface area contributed by atoms with Crippen LogP contribution >= 0.6 is 0 Å². The molecule has 1 aliphatic heterocycles. The highest BCUT2D eigenvalue weighted by Gasteiger charge is 2.11. The molecule has 17 heavy (non-hydrogen) atoms. The molecule has 0 bridgehead atoms. The van der Waals surface area contributed by atoms with Gasteiger partial charge in [0.1, 0.15) is 5.82 Å². The van der Waals surface area contributed by atoms with E-state index in [4.69, 9.17) is 0 Å². The minimum absolute atomic E-state index is 0.138. The fraction of sp³-hybridized carbons (Fsp3) is 0.571. The first-order valence-corrected chi connectivity index (χ1v) is 6.50. The summed E-state index contributed by atoms with van der Waals surface area (Å²) < 4.78 is 12.9. The molecule has 94 valence electrons. The highest BCUT2D eigenvalue weighted by molar-refractivity contribution is 5.16. The van der Waals surface area contributed by atoms with Gasteiger partial charge in [-0.05, 0) is 69.1 Å². The SMILES string of the molecule is Fc1cccc(CCNCC2CCNCC2)c1. The van der Waals surface area contributed by atoms with Crippen molar-refractivity contribution in [2.45, 2.75) is 19.3 Å². The van der Waals surface area contributed by atoms with Crippen LogP contribution in [0.4, 0.5) is 4.39 Å². The van der Waals surface area contributed by atoms with Crippen molar-refractivity contribution in [2.75, 3.05) is 26.2 Å². The maximum absolute atomic E-state index is 12.9. The third-order valence-electron chi connectivity index (χ3n) is 3.37. The molecule has 1 saturated heterocycles. The van der Waals surface area contributed by atoms with Crippen molar-refractivity contribution in [2.24, 2.45) is 5.92 Å². The first-order valence-electron chi connectivity index (χ1n) is 6.50. The summed E-state index contributed by atoms with van der Waals surface area (Å²) in [6, 6.07) is 6.87. The van der Waals surface area contributed by atoms with Crippen LogP contribution in [0.2, 0.25) is 0 Å². The molecule has 0 spiro atoms. The van der Waals surface area contributed by atoms with Gasteiger partial charge in [0.05, 0.1) is 0 Å². The van der Waals surface area contributed by atoms with Crippen molar-refractivity contribution in [3.05, 3.63) is 35.6 Å².